The number of ether oxygens (including phenoxy) is 2. The first kappa shape index (κ1) is 40.3. The summed E-state index contributed by atoms with van der Waals surface area (Å²) in [7, 11) is -4.39. The van der Waals surface area contributed by atoms with Gasteiger partial charge in [-0.25, -0.2) is 17.9 Å². The van der Waals surface area contributed by atoms with Crippen LogP contribution in [-0.4, -0.2) is 66.4 Å². The van der Waals surface area contributed by atoms with Crippen LogP contribution >= 0.6 is 0 Å². The average Bonchev–Trinajstić information content (AvgIpc) is 3.81. The maximum atomic E-state index is 14.8. The fraction of sp³-hybridized carbons (Fsp3) is 0.571. The first-order valence-corrected chi connectivity index (χ1v) is 20.7. The molecule has 3 N–H and O–H groups in total. The van der Waals surface area contributed by atoms with Crippen LogP contribution in [-0.2, 0) is 35.8 Å². The summed E-state index contributed by atoms with van der Waals surface area (Å²) < 4.78 is 40.8. The number of benzene rings is 2. The lowest BCUT2D eigenvalue weighted by Crippen LogP contribution is -2.64. The number of amides is 4. The van der Waals surface area contributed by atoms with Crippen LogP contribution in [0, 0.1) is 28.1 Å². The van der Waals surface area contributed by atoms with Gasteiger partial charge in [0, 0.05) is 23.9 Å². The van der Waals surface area contributed by atoms with Crippen molar-refractivity contribution in [3.63, 3.8) is 0 Å². The summed E-state index contributed by atoms with van der Waals surface area (Å²) in [4.78, 5) is 57.9. The molecule has 55 heavy (non-hydrogen) atoms. The van der Waals surface area contributed by atoms with Crippen LogP contribution in [0.4, 0.5) is 4.79 Å². The molecule has 4 amide bonds. The van der Waals surface area contributed by atoms with Crippen molar-refractivity contribution in [2.24, 2.45) is 28.1 Å². The molecule has 2 aromatic rings. The molecule has 1 heterocycles. The van der Waals surface area contributed by atoms with Crippen LogP contribution in [0.1, 0.15) is 93.1 Å². The summed E-state index contributed by atoms with van der Waals surface area (Å²) in [5.41, 5.74) is -3.43. The lowest BCUT2D eigenvalue weighted by Gasteiger charge is -2.39. The molecule has 3 aliphatic carbocycles. The van der Waals surface area contributed by atoms with Gasteiger partial charge in [-0.1, -0.05) is 76.6 Å². The van der Waals surface area contributed by atoms with E-state index in [1.54, 1.807) is 38.7 Å². The highest BCUT2D eigenvalue weighted by molar-refractivity contribution is 7.90. The largest absolute Gasteiger partial charge is 0.489 e. The molecule has 4 aliphatic rings. The van der Waals surface area contributed by atoms with Gasteiger partial charge in [0.2, 0.25) is 11.8 Å². The van der Waals surface area contributed by atoms with Crippen LogP contribution in [0.25, 0.3) is 0 Å². The number of fused-ring (bicyclic) bond motifs is 1. The first-order valence-electron chi connectivity index (χ1n) is 19.2. The van der Waals surface area contributed by atoms with Gasteiger partial charge in [0.05, 0.1) is 4.90 Å². The van der Waals surface area contributed by atoms with Gasteiger partial charge in [0.25, 0.3) is 15.9 Å². The van der Waals surface area contributed by atoms with Gasteiger partial charge in [0.1, 0.15) is 35.1 Å². The van der Waals surface area contributed by atoms with E-state index >= 15 is 0 Å². The van der Waals surface area contributed by atoms with Crippen molar-refractivity contribution in [2.45, 2.75) is 122 Å². The van der Waals surface area contributed by atoms with Crippen molar-refractivity contribution in [1.29, 1.82) is 0 Å². The molecule has 1 saturated heterocycles. The number of sulfonamides is 1. The molecule has 12 nitrogen and oxygen atoms in total. The Labute approximate surface area is 325 Å². The summed E-state index contributed by atoms with van der Waals surface area (Å²) in [6.07, 6.45) is 4.35. The number of hydrogen-bond donors (Lipinski definition) is 3. The molecule has 1 aliphatic heterocycles. The lowest BCUT2D eigenvalue weighted by molar-refractivity contribution is -0.145. The van der Waals surface area contributed by atoms with Crippen LogP contribution in [0.5, 0.6) is 5.75 Å². The molecule has 2 spiro atoms. The second-order valence-electron chi connectivity index (χ2n) is 18.0. The van der Waals surface area contributed by atoms with E-state index in [0.717, 1.165) is 24.8 Å². The Hall–Kier alpha value is -4.39. The Morgan fingerprint density at radius 1 is 0.982 bits per heavy atom. The highest BCUT2D eigenvalue weighted by Crippen LogP contribution is 2.88. The first-order chi connectivity index (χ1) is 25.6. The van der Waals surface area contributed by atoms with E-state index in [9.17, 15) is 27.6 Å². The highest BCUT2D eigenvalue weighted by atomic mass is 32.2. The molecule has 0 radical (unpaired) electrons. The van der Waals surface area contributed by atoms with E-state index in [0.29, 0.717) is 18.7 Å². The Morgan fingerprint density at radius 3 is 2.20 bits per heavy atom. The van der Waals surface area contributed by atoms with Gasteiger partial charge in [-0.15, -0.1) is 6.58 Å². The van der Waals surface area contributed by atoms with E-state index in [4.69, 9.17) is 9.47 Å². The van der Waals surface area contributed by atoms with E-state index in [1.165, 1.54) is 24.3 Å². The predicted octanol–water partition coefficient (Wildman–Crippen LogP) is 5.87. The zero-order chi connectivity index (χ0) is 40.4. The van der Waals surface area contributed by atoms with E-state index in [-0.39, 0.29) is 40.1 Å². The molecule has 6 rings (SSSR count). The zero-order valence-electron chi connectivity index (χ0n) is 33.3. The van der Waals surface area contributed by atoms with Gasteiger partial charge in [-0.3, -0.25) is 14.4 Å². The molecule has 5 atom stereocenters. The minimum Gasteiger partial charge on any atom is -0.489 e. The molecule has 2 aromatic carbocycles. The molecule has 4 fully saturated rings. The summed E-state index contributed by atoms with van der Waals surface area (Å²) in [6, 6.07) is 14.3. The molecule has 298 valence electrons. The van der Waals surface area contributed by atoms with Crippen LogP contribution in [0.2, 0.25) is 0 Å². The molecular weight excluding hydrogens is 721 g/mol. The smallest absolute Gasteiger partial charge is 0.408 e. The maximum absolute atomic E-state index is 14.8. The van der Waals surface area contributed by atoms with Crippen LogP contribution in [0.15, 0.2) is 72.1 Å². The van der Waals surface area contributed by atoms with Crippen molar-refractivity contribution in [1.82, 2.24) is 20.3 Å². The number of nitrogens with zero attached hydrogens (tertiary/aromatic N) is 1. The predicted molar refractivity (Wildman–Crippen MR) is 207 cm³/mol. The van der Waals surface area contributed by atoms with Gasteiger partial charge >= 0.3 is 6.09 Å². The molecular formula is C42H56N4O8S. The number of carbonyl (C=O) groups excluding carboxylic acids is 4. The number of carbonyl (C=O) groups is 4. The molecule has 13 heteroatoms. The maximum Gasteiger partial charge on any atom is 0.408 e. The average molecular weight is 777 g/mol. The number of likely N-dealkylation sites (tertiary alicyclic amines) is 1. The number of rotatable bonds is 12. The van der Waals surface area contributed by atoms with Crippen molar-refractivity contribution in [2.75, 3.05) is 6.54 Å². The third kappa shape index (κ3) is 6.80. The topological polar surface area (TPSA) is 160 Å². The van der Waals surface area contributed by atoms with Crippen molar-refractivity contribution in [3.8, 4) is 5.75 Å². The second kappa shape index (κ2) is 13.7. The quantitative estimate of drug-likeness (QED) is 0.226. The lowest BCUT2D eigenvalue weighted by atomic mass is 9.73. The standard InChI is InChI=1S/C42H56N4O8S/c1-10-29-23-42(29,34(48)45-55(51,52)31-19-14-18-30(22-31)53-25-28-16-12-11-13-17-28)43-33(47)32-24-41(38(7,8)40(41)20-15-21-40)26-46(32)35(49)39(9,27(2)3)44-36(50)54-37(4,5)6/h10-14,16-19,22,27,29,32H,1,15,20-21,23-26H2,2-9H3,(H,43,47)(H,44,50)(H,45,48)/t29-,32+,39-,41-,42-/m1/s1. The zero-order valence-corrected chi connectivity index (χ0v) is 34.1. The molecule has 3 saturated carbocycles. The minimum absolute atomic E-state index is 0.0217. The number of alkyl carbamates (subject to hydrolysis) is 1. The Bertz CT molecular complexity index is 1990. The van der Waals surface area contributed by atoms with E-state index < -0.39 is 62.5 Å². The van der Waals surface area contributed by atoms with Gasteiger partial charge < -0.3 is 25.0 Å². The summed E-state index contributed by atoms with van der Waals surface area (Å²) >= 11 is 0. The van der Waals surface area contributed by atoms with Crippen molar-refractivity contribution >= 4 is 33.8 Å². The second-order valence-corrected chi connectivity index (χ2v) is 19.7. The Balaban J connectivity index is 1.24. The Kier molecular flexibility index (Phi) is 10.0. The van der Waals surface area contributed by atoms with Crippen molar-refractivity contribution < 1.29 is 37.1 Å². The monoisotopic (exact) mass is 776 g/mol. The summed E-state index contributed by atoms with van der Waals surface area (Å²) in [6.45, 7) is 19.3. The normalized spacial score (nSPS) is 27.0. The van der Waals surface area contributed by atoms with Crippen LogP contribution in [0.3, 0.4) is 0 Å². The fourth-order valence-electron chi connectivity index (χ4n) is 9.39. The Morgan fingerprint density at radius 2 is 1.65 bits per heavy atom. The number of hydrogen-bond acceptors (Lipinski definition) is 8. The SMILES string of the molecule is C=C[C@@H]1C[C@]1(NC(=O)[C@@H]1C[C@@]2(CN1C(=O)[C@](C)(NC(=O)OC(C)(C)C)C(C)C)C(C)(C)C21CCC1)C(=O)NS(=O)(=O)c1cccc(OCc2ccccc2)c1. The van der Waals surface area contributed by atoms with Crippen molar-refractivity contribution in [3.05, 3.63) is 72.8 Å². The third-order valence-electron chi connectivity index (χ3n) is 13.4. The van der Waals surface area contributed by atoms with Gasteiger partial charge in [-0.05, 0) is 87.8 Å². The van der Waals surface area contributed by atoms with E-state index in [2.05, 4.69) is 35.8 Å². The van der Waals surface area contributed by atoms with Crippen LogP contribution < -0.4 is 20.1 Å². The fourth-order valence-corrected chi connectivity index (χ4v) is 10.5. The van der Waals surface area contributed by atoms with E-state index in [1.807, 2.05) is 44.2 Å². The number of nitrogens with one attached hydrogen (secondary N) is 3. The third-order valence-corrected chi connectivity index (χ3v) is 14.7. The molecule has 0 aromatic heterocycles. The summed E-state index contributed by atoms with van der Waals surface area (Å²) in [5.74, 6) is -2.49. The molecule has 0 unspecified atom stereocenters. The van der Waals surface area contributed by atoms with Gasteiger partial charge in [0.15, 0.2) is 0 Å². The minimum atomic E-state index is -4.39. The highest BCUT2D eigenvalue weighted by Gasteiger charge is 2.85. The van der Waals surface area contributed by atoms with Gasteiger partial charge in [-0.2, -0.15) is 0 Å². The molecule has 0 bridgehead atoms. The summed E-state index contributed by atoms with van der Waals surface area (Å²) in [5, 5.41) is 5.73.